The number of hydrogen-bond acceptors (Lipinski definition) is 3. The molecule has 0 saturated carbocycles. The van der Waals surface area contributed by atoms with E-state index in [0.29, 0.717) is 13.0 Å². The zero-order valence-corrected chi connectivity index (χ0v) is 12.7. The average Bonchev–Trinajstić information content (AvgIpc) is 3.00. The molecular weight excluding hydrogens is 289 g/mol. The molecule has 2 aromatic rings. The van der Waals surface area contributed by atoms with Crippen LogP contribution in [0.25, 0.3) is 0 Å². The van der Waals surface area contributed by atoms with Gasteiger partial charge in [0, 0.05) is 18.3 Å². The first-order valence-corrected chi connectivity index (χ1v) is 7.68. The molecule has 0 radical (unpaired) electrons. The van der Waals surface area contributed by atoms with Crippen LogP contribution in [-0.4, -0.2) is 31.0 Å². The van der Waals surface area contributed by atoms with Gasteiger partial charge < -0.3 is 9.64 Å². The smallest absolute Gasteiger partial charge is 0.222 e. The largest absolute Gasteiger partial charge is 0.489 e. The molecule has 112 valence electrons. The maximum atomic E-state index is 13.3. The second-order valence-corrected chi connectivity index (χ2v) is 5.71. The number of rotatable bonds is 7. The van der Waals surface area contributed by atoms with Gasteiger partial charge in [-0.25, -0.2) is 4.39 Å². The van der Waals surface area contributed by atoms with Crippen molar-refractivity contribution >= 4 is 17.2 Å². The first-order chi connectivity index (χ1) is 10.2. The van der Waals surface area contributed by atoms with Crippen LogP contribution < -0.4 is 4.74 Å². The van der Waals surface area contributed by atoms with Gasteiger partial charge in [-0.05, 0) is 30.0 Å². The summed E-state index contributed by atoms with van der Waals surface area (Å²) < 4.78 is 18.7. The van der Waals surface area contributed by atoms with Crippen molar-refractivity contribution in [3.63, 3.8) is 0 Å². The van der Waals surface area contributed by atoms with E-state index in [2.05, 4.69) is 0 Å². The van der Waals surface area contributed by atoms with Gasteiger partial charge in [-0.3, -0.25) is 4.79 Å². The van der Waals surface area contributed by atoms with E-state index >= 15 is 0 Å². The fraction of sp³-hybridized carbons (Fsp3) is 0.312. The van der Waals surface area contributed by atoms with E-state index in [9.17, 15) is 9.18 Å². The summed E-state index contributed by atoms with van der Waals surface area (Å²) in [6.07, 6.45) is 1.24. The van der Waals surface area contributed by atoms with Gasteiger partial charge in [-0.2, -0.15) is 0 Å². The summed E-state index contributed by atoms with van der Waals surface area (Å²) in [4.78, 5) is 14.8. The third-order valence-electron chi connectivity index (χ3n) is 3.11. The molecule has 0 unspecified atom stereocenters. The van der Waals surface area contributed by atoms with E-state index in [1.807, 2.05) is 17.5 Å². The first-order valence-electron chi connectivity index (χ1n) is 6.80. The number of thiophene rings is 1. The predicted octanol–water partition coefficient (Wildman–Crippen LogP) is 3.36. The van der Waals surface area contributed by atoms with Gasteiger partial charge in [0.05, 0.1) is 6.54 Å². The van der Waals surface area contributed by atoms with Crippen molar-refractivity contribution in [1.82, 2.24) is 4.90 Å². The van der Waals surface area contributed by atoms with Gasteiger partial charge in [-0.15, -0.1) is 11.3 Å². The Labute approximate surface area is 128 Å². The predicted molar refractivity (Wildman–Crippen MR) is 82.2 cm³/mol. The van der Waals surface area contributed by atoms with Crippen molar-refractivity contribution in [2.75, 3.05) is 20.2 Å². The van der Waals surface area contributed by atoms with Crippen molar-refractivity contribution in [3.05, 3.63) is 52.5 Å². The van der Waals surface area contributed by atoms with E-state index in [-0.39, 0.29) is 24.1 Å². The summed E-state index contributed by atoms with van der Waals surface area (Å²) >= 11 is 1.66. The Morgan fingerprint density at radius 1 is 1.29 bits per heavy atom. The number of ether oxygens (including phenoxy) is 1. The fourth-order valence-corrected chi connectivity index (χ4v) is 2.56. The fourth-order valence-electron chi connectivity index (χ4n) is 1.85. The molecule has 1 heterocycles. The van der Waals surface area contributed by atoms with Crippen LogP contribution in [0, 0.1) is 5.82 Å². The Morgan fingerprint density at radius 2 is 2.10 bits per heavy atom. The monoisotopic (exact) mass is 307 g/mol. The van der Waals surface area contributed by atoms with Crippen LogP contribution in [-0.2, 0) is 11.2 Å². The summed E-state index contributed by atoms with van der Waals surface area (Å²) in [6.45, 7) is 0.722. The molecule has 0 saturated heterocycles. The summed E-state index contributed by atoms with van der Waals surface area (Å²) in [5.74, 6) is -0.0957. The Balaban J connectivity index is 1.70. The third-order valence-corrected chi connectivity index (χ3v) is 4.05. The Morgan fingerprint density at radius 3 is 2.81 bits per heavy atom. The van der Waals surface area contributed by atoms with Crippen LogP contribution in [0.1, 0.15) is 11.3 Å². The molecule has 0 aliphatic heterocycles. The lowest BCUT2D eigenvalue weighted by Gasteiger charge is -2.17. The topological polar surface area (TPSA) is 29.5 Å². The van der Waals surface area contributed by atoms with E-state index in [1.54, 1.807) is 41.5 Å². The second kappa shape index (κ2) is 7.78. The molecule has 0 spiro atoms. The van der Waals surface area contributed by atoms with Crippen molar-refractivity contribution < 1.29 is 13.9 Å². The normalized spacial score (nSPS) is 10.4. The van der Waals surface area contributed by atoms with Crippen LogP contribution in [0.15, 0.2) is 41.8 Å². The lowest BCUT2D eigenvalue weighted by molar-refractivity contribution is -0.130. The van der Waals surface area contributed by atoms with E-state index in [1.165, 1.54) is 10.9 Å². The number of benzene rings is 1. The van der Waals surface area contributed by atoms with Crippen LogP contribution in [0.3, 0.4) is 0 Å². The quantitative estimate of drug-likeness (QED) is 0.785. The number of hydrogen-bond donors (Lipinski definition) is 0. The maximum absolute atomic E-state index is 13.3. The number of likely N-dealkylation sites (N-methyl/N-ethyl adjacent to an activating group) is 1. The summed E-state index contributed by atoms with van der Waals surface area (Å²) in [5.41, 5.74) is 0. The molecule has 1 amide bonds. The Bertz CT molecular complexity index is 571. The number of nitrogens with zero attached hydrogens (tertiary/aromatic N) is 1. The van der Waals surface area contributed by atoms with Gasteiger partial charge in [0.15, 0.2) is 11.6 Å². The van der Waals surface area contributed by atoms with Crippen LogP contribution in [0.4, 0.5) is 4.39 Å². The summed E-state index contributed by atoms with van der Waals surface area (Å²) in [7, 11) is 1.74. The van der Waals surface area contributed by atoms with Crippen molar-refractivity contribution in [1.29, 1.82) is 0 Å². The van der Waals surface area contributed by atoms with E-state index in [4.69, 9.17) is 4.74 Å². The minimum atomic E-state index is -0.385. The molecule has 0 atom stereocenters. The molecule has 0 aliphatic rings. The zero-order chi connectivity index (χ0) is 15.1. The SMILES string of the molecule is CN(CCOc1ccccc1F)C(=O)CCc1cccs1. The van der Waals surface area contributed by atoms with Gasteiger partial charge in [-0.1, -0.05) is 18.2 Å². The Hall–Kier alpha value is -1.88. The molecule has 2 rings (SSSR count). The third kappa shape index (κ3) is 4.86. The highest BCUT2D eigenvalue weighted by Gasteiger charge is 2.10. The van der Waals surface area contributed by atoms with Gasteiger partial charge >= 0.3 is 0 Å². The minimum Gasteiger partial charge on any atom is -0.489 e. The zero-order valence-electron chi connectivity index (χ0n) is 11.9. The number of carbonyl (C=O) groups is 1. The van der Waals surface area contributed by atoms with Crippen LogP contribution >= 0.6 is 11.3 Å². The standard InChI is InChI=1S/C16H18FNO2S/c1-18(16(19)9-8-13-5-4-12-21-13)10-11-20-15-7-3-2-6-14(15)17/h2-7,12H,8-11H2,1H3. The van der Waals surface area contributed by atoms with Crippen molar-refractivity contribution in [2.45, 2.75) is 12.8 Å². The number of carbonyl (C=O) groups excluding carboxylic acids is 1. The maximum Gasteiger partial charge on any atom is 0.222 e. The second-order valence-electron chi connectivity index (χ2n) is 4.67. The van der Waals surface area contributed by atoms with Gasteiger partial charge in [0.1, 0.15) is 6.61 Å². The van der Waals surface area contributed by atoms with E-state index < -0.39 is 0 Å². The molecule has 5 heteroatoms. The van der Waals surface area contributed by atoms with Gasteiger partial charge in [0.25, 0.3) is 0 Å². The molecule has 0 N–H and O–H groups in total. The first kappa shape index (κ1) is 15.5. The summed E-state index contributed by atoms with van der Waals surface area (Å²) in [6, 6.07) is 10.3. The number of para-hydroxylation sites is 1. The van der Waals surface area contributed by atoms with Crippen molar-refractivity contribution in [3.8, 4) is 5.75 Å². The molecule has 1 aromatic heterocycles. The molecule has 1 aromatic carbocycles. The lowest BCUT2D eigenvalue weighted by Crippen LogP contribution is -2.31. The molecule has 0 fully saturated rings. The average molecular weight is 307 g/mol. The van der Waals surface area contributed by atoms with Crippen LogP contribution in [0.2, 0.25) is 0 Å². The number of aryl methyl sites for hydroxylation is 1. The van der Waals surface area contributed by atoms with Gasteiger partial charge in [0.2, 0.25) is 5.91 Å². The minimum absolute atomic E-state index is 0.0699. The molecular formula is C16H18FNO2S. The molecule has 0 aliphatic carbocycles. The Kier molecular flexibility index (Phi) is 5.75. The highest BCUT2D eigenvalue weighted by atomic mass is 32.1. The lowest BCUT2D eigenvalue weighted by atomic mass is 10.2. The summed E-state index contributed by atoms with van der Waals surface area (Å²) in [5, 5.41) is 2.01. The van der Waals surface area contributed by atoms with Crippen molar-refractivity contribution in [2.24, 2.45) is 0 Å². The number of amides is 1. The number of halogens is 1. The molecule has 0 bridgehead atoms. The van der Waals surface area contributed by atoms with E-state index in [0.717, 1.165) is 6.42 Å². The highest BCUT2D eigenvalue weighted by Crippen LogP contribution is 2.15. The highest BCUT2D eigenvalue weighted by molar-refractivity contribution is 7.09. The molecule has 3 nitrogen and oxygen atoms in total. The van der Waals surface area contributed by atoms with Crippen LogP contribution in [0.5, 0.6) is 5.75 Å². The molecule has 21 heavy (non-hydrogen) atoms.